The maximum Gasteiger partial charge on any atom is 0.249 e. The van der Waals surface area contributed by atoms with Crippen molar-refractivity contribution in [2.24, 2.45) is 0 Å². The van der Waals surface area contributed by atoms with Gasteiger partial charge in [0, 0.05) is 113 Å². The van der Waals surface area contributed by atoms with Crippen LogP contribution in [0.5, 0.6) is 17.2 Å². The summed E-state index contributed by atoms with van der Waals surface area (Å²) >= 11 is 0. The maximum absolute atomic E-state index is 13.0. The van der Waals surface area contributed by atoms with Crippen molar-refractivity contribution in [3.05, 3.63) is 78.9 Å². The number of rotatable bonds is 24. The van der Waals surface area contributed by atoms with Crippen LogP contribution in [-0.4, -0.2) is 144 Å². The van der Waals surface area contributed by atoms with Gasteiger partial charge >= 0.3 is 0 Å². The highest BCUT2D eigenvalue weighted by atomic mass is 16.5. The van der Waals surface area contributed by atoms with Crippen molar-refractivity contribution in [3.63, 3.8) is 0 Å². The number of para-hydroxylation sites is 1. The van der Waals surface area contributed by atoms with E-state index in [9.17, 15) is 24.3 Å². The molecular formula is C56H76N10O7. The lowest BCUT2D eigenvalue weighted by Crippen LogP contribution is -2.49. The summed E-state index contributed by atoms with van der Waals surface area (Å²) in [5, 5.41) is 24.2. The van der Waals surface area contributed by atoms with Crippen molar-refractivity contribution in [1.82, 2.24) is 30.2 Å². The highest BCUT2D eigenvalue weighted by Crippen LogP contribution is 2.33. The third kappa shape index (κ3) is 15.7. The molecule has 4 aromatic rings. The molecule has 17 nitrogen and oxygen atoms in total. The summed E-state index contributed by atoms with van der Waals surface area (Å²) in [6, 6.07) is 24.6. The monoisotopic (exact) mass is 1000 g/mol. The van der Waals surface area contributed by atoms with Gasteiger partial charge < -0.3 is 45.2 Å². The van der Waals surface area contributed by atoms with E-state index in [0.717, 1.165) is 127 Å². The fourth-order valence-electron chi connectivity index (χ4n) is 10.3. The molecule has 4 fully saturated rings. The van der Waals surface area contributed by atoms with Crippen molar-refractivity contribution < 1.29 is 33.8 Å². The number of carbonyl (C=O) groups excluding carboxylic acids is 4. The Morgan fingerprint density at radius 1 is 0.699 bits per heavy atom. The molecule has 0 radical (unpaired) electrons. The number of benzene rings is 3. The molecule has 8 rings (SSSR count). The Labute approximate surface area is 430 Å². The van der Waals surface area contributed by atoms with Crippen LogP contribution in [0, 0.1) is 0 Å². The van der Waals surface area contributed by atoms with E-state index < -0.39 is 6.04 Å². The van der Waals surface area contributed by atoms with Gasteiger partial charge in [-0.05, 0) is 92.8 Å². The number of aromatic hydroxyl groups is 1. The average molecular weight is 1000 g/mol. The number of nitrogen functional groups attached to an aromatic ring is 1. The molecule has 0 spiro atoms. The number of amides is 4. The number of ether oxygens (including phenoxy) is 2. The molecule has 17 heteroatoms. The number of imide groups is 1. The number of nitrogens with two attached hydrogens (primary N) is 1. The summed E-state index contributed by atoms with van der Waals surface area (Å²) in [6.07, 6.45) is 15.2. The third-order valence-electron chi connectivity index (χ3n) is 14.7. The first kappa shape index (κ1) is 52.7. The fraction of sp³-hybridized carbons (Fsp3) is 0.536. The zero-order valence-electron chi connectivity index (χ0n) is 42.6. The van der Waals surface area contributed by atoms with Crippen LogP contribution in [0.3, 0.4) is 0 Å². The van der Waals surface area contributed by atoms with Gasteiger partial charge in [0.15, 0.2) is 11.6 Å². The van der Waals surface area contributed by atoms with Crippen LogP contribution in [-0.2, 0) is 19.2 Å². The number of piperidine rings is 2. The van der Waals surface area contributed by atoms with Crippen LogP contribution in [0.1, 0.15) is 103 Å². The number of carbonyl (C=O) groups is 4. The van der Waals surface area contributed by atoms with Crippen molar-refractivity contribution in [1.29, 1.82) is 0 Å². The minimum absolute atomic E-state index is 0.0770. The molecule has 73 heavy (non-hydrogen) atoms. The fourth-order valence-corrected chi connectivity index (χ4v) is 10.3. The minimum atomic E-state index is -0.400. The van der Waals surface area contributed by atoms with Crippen LogP contribution in [0.25, 0.3) is 11.3 Å². The first-order chi connectivity index (χ1) is 35.6. The Morgan fingerprint density at radius 2 is 1.30 bits per heavy atom. The van der Waals surface area contributed by atoms with Crippen LogP contribution >= 0.6 is 0 Å². The van der Waals surface area contributed by atoms with E-state index in [-0.39, 0.29) is 41.3 Å². The van der Waals surface area contributed by atoms with Crippen molar-refractivity contribution in [2.75, 3.05) is 99.4 Å². The van der Waals surface area contributed by atoms with Gasteiger partial charge in [0.1, 0.15) is 35.9 Å². The zero-order valence-corrected chi connectivity index (χ0v) is 42.6. The molecule has 4 aliphatic heterocycles. The van der Waals surface area contributed by atoms with Crippen molar-refractivity contribution in [2.45, 2.75) is 115 Å². The second kappa shape index (κ2) is 26.9. The van der Waals surface area contributed by atoms with Gasteiger partial charge in [-0.1, -0.05) is 63.5 Å². The number of nitrogens with one attached hydrogen (secondary N) is 2. The SMILES string of the molecule is Nc1nnc(-c2ccccc2O)cc1OC1CCCN(c2ccc(OCCN3CCN(C(=O)CCCCCCCCCCCCC(=O)N4CCN(c5ccc(NC6CCC(=O)NC6=O)cc5)CC4)CC3)cc2)C1. The molecule has 2 atom stereocenters. The number of nitrogens with zero attached hydrogens (tertiary/aromatic N) is 7. The molecule has 0 aliphatic carbocycles. The molecule has 0 bridgehead atoms. The maximum atomic E-state index is 13.0. The Balaban J connectivity index is 0.600. The van der Waals surface area contributed by atoms with Crippen LogP contribution < -0.4 is 35.6 Å². The van der Waals surface area contributed by atoms with E-state index in [4.69, 9.17) is 15.2 Å². The standard InChI is InChI=1S/C56H76N10O7/c57-55-51(40-49(60-61-55)47-15-11-12-16-50(47)67)73-46-14-13-29-66(41-46)44-23-25-45(26-24-44)72-39-38-62-30-32-64(33-31-62)53(69)17-9-7-5-3-1-2-4-6-8-10-18-54(70)65-36-34-63(35-37-65)43-21-19-42(20-22-43)58-48-27-28-52(68)59-56(48)71/h11-12,15-16,19-26,40,46,48,58,67H,1-10,13-14,17-18,27-39,41H2,(H2,57,61)(H,59,68,71). The average Bonchev–Trinajstić information content (AvgIpc) is 3.41. The molecule has 4 saturated heterocycles. The lowest BCUT2D eigenvalue weighted by Gasteiger charge is -2.36. The Morgan fingerprint density at radius 3 is 1.95 bits per heavy atom. The molecular weight excluding hydrogens is 925 g/mol. The second-order valence-electron chi connectivity index (χ2n) is 20.0. The van der Waals surface area contributed by atoms with Crippen LogP contribution in [0.15, 0.2) is 78.9 Å². The van der Waals surface area contributed by atoms with E-state index in [0.29, 0.717) is 55.8 Å². The quantitative estimate of drug-likeness (QED) is 0.0404. The van der Waals surface area contributed by atoms with Gasteiger partial charge in [-0.15, -0.1) is 10.2 Å². The van der Waals surface area contributed by atoms with Gasteiger partial charge in [-0.3, -0.25) is 29.4 Å². The van der Waals surface area contributed by atoms with Gasteiger partial charge in [0.05, 0.1) is 6.54 Å². The Hall–Kier alpha value is -6.62. The number of anilines is 4. The molecule has 5 heterocycles. The molecule has 0 saturated carbocycles. The number of phenols is 1. The number of piperazine rings is 2. The highest BCUT2D eigenvalue weighted by molar-refractivity contribution is 6.01. The Kier molecular flexibility index (Phi) is 19.4. The van der Waals surface area contributed by atoms with Crippen LogP contribution in [0.4, 0.5) is 22.9 Å². The van der Waals surface area contributed by atoms with Gasteiger partial charge in [0.25, 0.3) is 0 Å². The van der Waals surface area contributed by atoms with E-state index in [1.807, 2.05) is 52.3 Å². The summed E-state index contributed by atoms with van der Waals surface area (Å²) in [5.74, 6) is 1.70. The molecule has 4 aliphatic rings. The molecule has 392 valence electrons. The van der Waals surface area contributed by atoms with E-state index in [1.54, 1.807) is 24.3 Å². The van der Waals surface area contributed by atoms with Crippen molar-refractivity contribution in [3.8, 4) is 28.5 Å². The first-order valence-electron chi connectivity index (χ1n) is 26.9. The number of hydrogen-bond donors (Lipinski definition) is 4. The third-order valence-corrected chi connectivity index (χ3v) is 14.7. The van der Waals surface area contributed by atoms with Gasteiger partial charge in [-0.2, -0.15) is 0 Å². The summed E-state index contributed by atoms with van der Waals surface area (Å²) < 4.78 is 12.5. The van der Waals surface area contributed by atoms with E-state index >= 15 is 0 Å². The van der Waals surface area contributed by atoms with Gasteiger partial charge in [-0.25, -0.2) is 0 Å². The van der Waals surface area contributed by atoms with Crippen molar-refractivity contribution >= 4 is 46.5 Å². The predicted molar refractivity (Wildman–Crippen MR) is 285 cm³/mol. The largest absolute Gasteiger partial charge is 0.507 e. The summed E-state index contributed by atoms with van der Waals surface area (Å²) in [7, 11) is 0. The highest BCUT2D eigenvalue weighted by Gasteiger charge is 2.28. The summed E-state index contributed by atoms with van der Waals surface area (Å²) in [4.78, 5) is 60.4. The molecule has 1 aromatic heterocycles. The van der Waals surface area contributed by atoms with E-state index in [2.05, 4.69) is 47.7 Å². The predicted octanol–water partition coefficient (Wildman–Crippen LogP) is 7.25. The summed E-state index contributed by atoms with van der Waals surface area (Å²) in [5.41, 5.74) is 10.3. The smallest absolute Gasteiger partial charge is 0.249 e. The second-order valence-corrected chi connectivity index (χ2v) is 20.0. The lowest BCUT2D eigenvalue weighted by atomic mass is 10.0. The van der Waals surface area contributed by atoms with Crippen LogP contribution in [0.2, 0.25) is 0 Å². The minimum Gasteiger partial charge on any atom is -0.507 e. The number of aromatic nitrogens is 2. The molecule has 5 N–H and O–H groups in total. The normalized spacial score (nSPS) is 18.6. The number of unbranched alkanes of at least 4 members (excludes halogenated alkanes) is 9. The van der Waals surface area contributed by atoms with E-state index in [1.165, 1.54) is 38.5 Å². The molecule has 3 aromatic carbocycles. The topological polar surface area (TPSA) is 199 Å². The molecule has 4 amide bonds. The first-order valence-corrected chi connectivity index (χ1v) is 26.9. The Bertz CT molecular complexity index is 2410. The lowest BCUT2D eigenvalue weighted by molar-refractivity contribution is -0.134. The van der Waals surface area contributed by atoms with Gasteiger partial charge in [0.2, 0.25) is 23.6 Å². The number of phenolic OH excluding ortho intramolecular Hbond substituents is 1. The summed E-state index contributed by atoms with van der Waals surface area (Å²) in [6.45, 7) is 9.38. The zero-order chi connectivity index (χ0) is 50.8. The molecule has 2 unspecified atom stereocenters. The number of hydrogen-bond acceptors (Lipinski definition) is 14.